The molecule has 5 heteroatoms. The molecule has 0 unspecified atom stereocenters. The Morgan fingerprint density at radius 1 is 1.33 bits per heavy atom. The van der Waals surface area contributed by atoms with Crippen molar-refractivity contribution < 1.29 is 9.18 Å². The zero-order valence-corrected chi connectivity index (χ0v) is 12.1. The lowest BCUT2D eigenvalue weighted by Crippen LogP contribution is -2.27. The summed E-state index contributed by atoms with van der Waals surface area (Å²) in [6.07, 6.45) is 0.697. The third-order valence-electron chi connectivity index (χ3n) is 3.22. The maximum atomic E-state index is 13.6. The lowest BCUT2D eigenvalue weighted by atomic mass is 10.1. The minimum absolute atomic E-state index is 0.204. The van der Waals surface area contributed by atoms with Crippen molar-refractivity contribution in [3.63, 3.8) is 0 Å². The van der Waals surface area contributed by atoms with Crippen LogP contribution < -0.4 is 5.73 Å². The maximum absolute atomic E-state index is 13.6. The molecule has 1 amide bonds. The summed E-state index contributed by atoms with van der Waals surface area (Å²) >= 11 is 0. The van der Waals surface area contributed by atoms with Crippen LogP contribution in [0.2, 0.25) is 0 Å². The summed E-state index contributed by atoms with van der Waals surface area (Å²) in [7, 11) is 1.64. The summed E-state index contributed by atoms with van der Waals surface area (Å²) in [5, 5.41) is 0. The van der Waals surface area contributed by atoms with Gasteiger partial charge in [-0.2, -0.15) is 0 Å². The van der Waals surface area contributed by atoms with Crippen molar-refractivity contribution in [3.05, 3.63) is 59.0 Å². The Hall–Kier alpha value is -2.43. The number of rotatable bonds is 4. The Labute approximate surface area is 123 Å². The number of nitrogens with zero attached hydrogens (tertiary/aromatic N) is 2. The van der Waals surface area contributed by atoms with Gasteiger partial charge >= 0.3 is 0 Å². The Morgan fingerprint density at radius 2 is 2.05 bits per heavy atom. The minimum Gasteiger partial charge on any atom is -0.384 e. The summed E-state index contributed by atoms with van der Waals surface area (Å²) in [6.45, 7) is 2.15. The van der Waals surface area contributed by atoms with Crippen LogP contribution in [0, 0.1) is 5.82 Å². The third kappa shape index (κ3) is 3.56. The molecule has 0 aliphatic carbocycles. The highest BCUT2D eigenvalue weighted by Crippen LogP contribution is 2.14. The quantitative estimate of drug-likeness (QED) is 0.940. The van der Waals surface area contributed by atoms with Crippen LogP contribution >= 0.6 is 0 Å². The molecule has 0 fully saturated rings. The number of benzene rings is 1. The molecule has 21 heavy (non-hydrogen) atoms. The van der Waals surface area contributed by atoms with Gasteiger partial charge in [0.25, 0.3) is 5.91 Å². The highest BCUT2D eigenvalue weighted by molar-refractivity contribution is 5.94. The number of hydrogen-bond donors (Lipinski definition) is 1. The van der Waals surface area contributed by atoms with Crippen LogP contribution in [0.25, 0.3) is 0 Å². The van der Waals surface area contributed by atoms with Crippen molar-refractivity contribution in [2.75, 3.05) is 12.8 Å². The monoisotopic (exact) mass is 287 g/mol. The first-order chi connectivity index (χ1) is 10.0. The van der Waals surface area contributed by atoms with Crippen molar-refractivity contribution in [3.8, 4) is 0 Å². The number of anilines is 1. The van der Waals surface area contributed by atoms with E-state index in [-0.39, 0.29) is 18.3 Å². The summed E-state index contributed by atoms with van der Waals surface area (Å²) < 4.78 is 13.6. The normalized spacial score (nSPS) is 10.4. The molecule has 1 aromatic heterocycles. The average Bonchev–Trinajstić information content (AvgIpc) is 2.48. The second-order valence-corrected chi connectivity index (χ2v) is 4.88. The van der Waals surface area contributed by atoms with Crippen molar-refractivity contribution >= 4 is 11.7 Å². The Bertz CT molecular complexity index is 658. The van der Waals surface area contributed by atoms with E-state index < -0.39 is 0 Å². The largest absolute Gasteiger partial charge is 0.384 e. The van der Waals surface area contributed by atoms with Crippen LogP contribution in [0.1, 0.15) is 28.5 Å². The van der Waals surface area contributed by atoms with Crippen LogP contribution in [0.15, 0.2) is 36.4 Å². The van der Waals surface area contributed by atoms with Crippen LogP contribution in [-0.4, -0.2) is 22.8 Å². The fourth-order valence-corrected chi connectivity index (χ4v) is 2.09. The molecule has 0 bridgehead atoms. The molecule has 2 aromatic rings. The van der Waals surface area contributed by atoms with Gasteiger partial charge < -0.3 is 10.6 Å². The first-order valence-corrected chi connectivity index (χ1v) is 6.76. The van der Waals surface area contributed by atoms with Crippen molar-refractivity contribution in [1.29, 1.82) is 0 Å². The number of nitrogens with two attached hydrogens (primary N) is 1. The number of aryl methyl sites for hydroxylation is 1. The number of hydrogen-bond acceptors (Lipinski definition) is 3. The van der Waals surface area contributed by atoms with E-state index in [1.165, 1.54) is 11.0 Å². The molecule has 0 aliphatic heterocycles. The molecule has 1 aromatic carbocycles. The van der Waals surface area contributed by atoms with Gasteiger partial charge in [0.05, 0.1) is 0 Å². The van der Waals surface area contributed by atoms with E-state index in [1.807, 2.05) is 6.92 Å². The van der Waals surface area contributed by atoms with Crippen molar-refractivity contribution in [2.24, 2.45) is 0 Å². The first kappa shape index (κ1) is 15.0. The van der Waals surface area contributed by atoms with Gasteiger partial charge in [-0.25, -0.2) is 9.37 Å². The summed E-state index contributed by atoms with van der Waals surface area (Å²) in [5.41, 5.74) is 7.42. The van der Waals surface area contributed by atoms with Crippen LogP contribution in [-0.2, 0) is 13.0 Å². The highest BCUT2D eigenvalue weighted by Gasteiger charge is 2.15. The van der Waals surface area contributed by atoms with Gasteiger partial charge in [-0.05, 0) is 24.6 Å². The first-order valence-electron chi connectivity index (χ1n) is 6.76. The number of carbonyl (C=O) groups excluding carboxylic acids is 1. The lowest BCUT2D eigenvalue weighted by molar-refractivity contribution is 0.0783. The van der Waals surface area contributed by atoms with E-state index in [0.717, 1.165) is 5.69 Å². The fourth-order valence-electron chi connectivity index (χ4n) is 2.09. The van der Waals surface area contributed by atoms with Crippen LogP contribution in [0.3, 0.4) is 0 Å². The van der Waals surface area contributed by atoms with Gasteiger partial charge in [0.15, 0.2) is 0 Å². The second-order valence-electron chi connectivity index (χ2n) is 4.88. The molecule has 2 rings (SSSR count). The fraction of sp³-hybridized carbons (Fsp3) is 0.250. The minimum atomic E-state index is -0.319. The maximum Gasteiger partial charge on any atom is 0.254 e. The topological polar surface area (TPSA) is 59.2 Å². The molecule has 0 saturated heterocycles. The zero-order chi connectivity index (χ0) is 15.4. The predicted molar refractivity (Wildman–Crippen MR) is 80.2 cm³/mol. The smallest absolute Gasteiger partial charge is 0.254 e. The molecular formula is C16H18FN3O. The molecule has 0 radical (unpaired) electrons. The van der Waals surface area contributed by atoms with Gasteiger partial charge in [0.1, 0.15) is 11.6 Å². The number of amides is 1. The molecule has 1 heterocycles. The van der Waals surface area contributed by atoms with E-state index in [9.17, 15) is 9.18 Å². The molecule has 0 atom stereocenters. The van der Waals surface area contributed by atoms with Crippen LogP contribution in [0.4, 0.5) is 10.2 Å². The highest BCUT2D eigenvalue weighted by atomic mass is 19.1. The van der Waals surface area contributed by atoms with E-state index >= 15 is 0 Å². The van der Waals surface area contributed by atoms with Gasteiger partial charge in [0.2, 0.25) is 0 Å². The van der Waals surface area contributed by atoms with Gasteiger partial charge in [0, 0.05) is 30.4 Å². The molecule has 4 nitrogen and oxygen atoms in total. The number of carbonyl (C=O) groups is 1. The number of halogens is 1. The number of aromatic nitrogens is 1. The molecule has 0 spiro atoms. The van der Waals surface area contributed by atoms with E-state index in [0.29, 0.717) is 23.4 Å². The Morgan fingerprint density at radius 3 is 2.71 bits per heavy atom. The number of pyridine rings is 1. The van der Waals surface area contributed by atoms with Gasteiger partial charge in [-0.15, -0.1) is 0 Å². The molecule has 0 aliphatic rings. The summed E-state index contributed by atoms with van der Waals surface area (Å²) in [4.78, 5) is 18.0. The van der Waals surface area contributed by atoms with E-state index in [1.54, 1.807) is 37.4 Å². The lowest BCUT2D eigenvalue weighted by Gasteiger charge is -2.18. The van der Waals surface area contributed by atoms with Gasteiger partial charge in [-0.1, -0.05) is 25.1 Å². The van der Waals surface area contributed by atoms with Crippen molar-refractivity contribution in [2.45, 2.75) is 19.9 Å². The molecule has 0 saturated carbocycles. The molecule has 2 N–H and O–H groups in total. The standard InChI is InChI=1S/C16H18FN3O/c1-3-13-8-12(9-15(18)19-13)16(21)20(2)10-11-6-4-5-7-14(11)17/h4-9H,3,10H2,1-2H3,(H2,18,19). The predicted octanol–water partition coefficient (Wildman–Crippen LogP) is 2.64. The van der Waals surface area contributed by atoms with E-state index in [2.05, 4.69) is 4.98 Å². The summed E-state index contributed by atoms with van der Waals surface area (Å²) in [6, 6.07) is 9.68. The van der Waals surface area contributed by atoms with Crippen molar-refractivity contribution in [1.82, 2.24) is 9.88 Å². The van der Waals surface area contributed by atoms with Crippen LogP contribution in [0.5, 0.6) is 0 Å². The Balaban J connectivity index is 2.20. The summed E-state index contributed by atoms with van der Waals surface area (Å²) in [5.74, 6) is -0.209. The Kier molecular flexibility index (Phi) is 4.52. The molecule has 110 valence electrons. The average molecular weight is 287 g/mol. The van der Waals surface area contributed by atoms with Gasteiger partial charge in [-0.3, -0.25) is 4.79 Å². The number of nitrogen functional groups attached to an aromatic ring is 1. The third-order valence-corrected chi connectivity index (χ3v) is 3.22. The second kappa shape index (κ2) is 6.35. The van der Waals surface area contributed by atoms with E-state index in [4.69, 9.17) is 5.73 Å². The molecular weight excluding hydrogens is 269 g/mol. The zero-order valence-electron chi connectivity index (χ0n) is 12.1. The SMILES string of the molecule is CCc1cc(C(=O)N(C)Cc2ccccc2F)cc(N)n1.